The van der Waals surface area contributed by atoms with E-state index < -0.39 is 10.0 Å². The highest BCUT2D eigenvalue weighted by atomic mass is 32.2. The van der Waals surface area contributed by atoms with E-state index in [0.717, 1.165) is 15.9 Å². The molecule has 1 heterocycles. The van der Waals surface area contributed by atoms with E-state index in [1.54, 1.807) is 5.51 Å². The lowest BCUT2D eigenvalue weighted by atomic mass is 10.2. The average Bonchev–Trinajstić information content (AvgIpc) is 2.87. The molecule has 0 amide bonds. The number of primary sulfonamides is 1. The van der Waals surface area contributed by atoms with Crippen molar-refractivity contribution in [3.63, 3.8) is 0 Å². The number of hydrogen-bond acceptors (Lipinski definition) is 6. The van der Waals surface area contributed by atoms with Crippen LogP contribution in [0.5, 0.6) is 0 Å². The van der Waals surface area contributed by atoms with Gasteiger partial charge in [0, 0.05) is 5.69 Å². The number of hydrogen-bond donors (Lipinski definition) is 3. The number of nitrogens with zero attached hydrogens (tertiary/aromatic N) is 1. The lowest BCUT2D eigenvalue weighted by molar-refractivity contribution is 0.598. The van der Waals surface area contributed by atoms with E-state index in [9.17, 15) is 8.42 Å². The van der Waals surface area contributed by atoms with Gasteiger partial charge >= 0.3 is 0 Å². The maximum atomic E-state index is 11.4. The molecule has 108 valence electrons. The molecule has 0 aliphatic rings. The Labute approximate surface area is 125 Å². The maximum absolute atomic E-state index is 11.4. The van der Waals surface area contributed by atoms with Crippen molar-refractivity contribution in [2.45, 2.75) is 4.90 Å². The first-order valence-corrected chi connectivity index (χ1v) is 8.39. The van der Waals surface area contributed by atoms with E-state index in [2.05, 4.69) is 10.3 Å². The molecule has 3 aromatic rings. The number of nitrogens with one attached hydrogen (secondary N) is 1. The lowest BCUT2D eigenvalue weighted by Gasteiger charge is -2.10. The van der Waals surface area contributed by atoms with Crippen LogP contribution in [0.3, 0.4) is 0 Å². The van der Waals surface area contributed by atoms with Crippen LogP contribution in [0.25, 0.3) is 10.2 Å². The molecule has 0 saturated carbocycles. The highest BCUT2D eigenvalue weighted by molar-refractivity contribution is 7.89. The maximum Gasteiger partial charge on any atom is 0.238 e. The number of rotatable bonds is 3. The molecule has 21 heavy (non-hydrogen) atoms. The Kier molecular flexibility index (Phi) is 3.28. The summed E-state index contributed by atoms with van der Waals surface area (Å²) in [5.74, 6) is 0. The monoisotopic (exact) mass is 320 g/mol. The highest BCUT2D eigenvalue weighted by Gasteiger charge is 2.10. The molecule has 0 saturated heterocycles. The number of benzene rings is 2. The van der Waals surface area contributed by atoms with Crippen LogP contribution in [0.1, 0.15) is 0 Å². The second kappa shape index (κ2) is 4.99. The summed E-state index contributed by atoms with van der Waals surface area (Å²) in [6, 6.07) is 9.96. The molecule has 1 aromatic heterocycles. The summed E-state index contributed by atoms with van der Waals surface area (Å²) < 4.78 is 23.8. The molecule has 0 radical (unpaired) electrons. The predicted octanol–water partition coefficient (Wildman–Crippen LogP) is 2.27. The average molecular weight is 320 g/mol. The SMILES string of the molecule is Nc1ccc(S(N)(=O)=O)cc1Nc1ccc2ncsc2c1. The summed E-state index contributed by atoms with van der Waals surface area (Å²) in [6.45, 7) is 0. The fourth-order valence-corrected chi connectivity index (χ4v) is 3.17. The number of anilines is 3. The van der Waals surface area contributed by atoms with Gasteiger partial charge < -0.3 is 11.1 Å². The Hall–Kier alpha value is -2.16. The molecule has 5 N–H and O–H groups in total. The van der Waals surface area contributed by atoms with Gasteiger partial charge in [-0.3, -0.25) is 0 Å². The molecule has 0 fully saturated rings. The van der Waals surface area contributed by atoms with E-state index in [4.69, 9.17) is 10.9 Å². The second-order valence-corrected chi connectivity index (χ2v) is 6.90. The van der Waals surface area contributed by atoms with E-state index in [0.29, 0.717) is 11.4 Å². The van der Waals surface area contributed by atoms with Crippen LogP contribution in [0.15, 0.2) is 46.8 Å². The standard InChI is InChI=1S/C13H12N4O2S2/c14-10-3-2-9(21(15,18)19)6-12(10)17-8-1-4-11-13(5-8)20-7-16-11/h1-7,17H,14H2,(H2,15,18,19). The van der Waals surface area contributed by atoms with Crippen LogP contribution in [-0.2, 0) is 10.0 Å². The number of thiazole rings is 1. The Morgan fingerprint density at radius 3 is 2.71 bits per heavy atom. The largest absolute Gasteiger partial charge is 0.397 e. The molecule has 0 spiro atoms. The Balaban J connectivity index is 2.00. The summed E-state index contributed by atoms with van der Waals surface area (Å²) in [4.78, 5) is 4.21. The van der Waals surface area contributed by atoms with Gasteiger partial charge in [0.1, 0.15) is 0 Å². The van der Waals surface area contributed by atoms with Crippen LogP contribution >= 0.6 is 11.3 Å². The first-order valence-electron chi connectivity index (χ1n) is 5.96. The zero-order chi connectivity index (χ0) is 15.0. The summed E-state index contributed by atoms with van der Waals surface area (Å²) in [7, 11) is -3.76. The topological polar surface area (TPSA) is 111 Å². The van der Waals surface area contributed by atoms with E-state index in [1.165, 1.54) is 29.5 Å². The molecule has 3 rings (SSSR count). The van der Waals surface area contributed by atoms with Gasteiger partial charge in [-0.1, -0.05) is 0 Å². The normalized spacial score (nSPS) is 11.7. The fraction of sp³-hybridized carbons (Fsp3) is 0. The van der Waals surface area contributed by atoms with Gasteiger partial charge in [-0.05, 0) is 36.4 Å². The van der Waals surface area contributed by atoms with Crippen molar-refractivity contribution in [3.05, 3.63) is 41.9 Å². The van der Waals surface area contributed by atoms with E-state index >= 15 is 0 Å². The Bertz CT molecular complexity index is 919. The number of nitrogens with two attached hydrogens (primary N) is 2. The quantitative estimate of drug-likeness (QED) is 0.641. The first kappa shape index (κ1) is 13.8. The van der Waals surface area contributed by atoms with Crippen molar-refractivity contribution in [2.24, 2.45) is 5.14 Å². The van der Waals surface area contributed by atoms with Crippen molar-refractivity contribution >= 4 is 48.6 Å². The van der Waals surface area contributed by atoms with Crippen molar-refractivity contribution in [2.75, 3.05) is 11.1 Å². The fourth-order valence-electron chi connectivity index (χ4n) is 1.91. The minimum absolute atomic E-state index is 0.0121. The Morgan fingerprint density at radius 1 is 1.14 bits per heavy atom. The van der Waals surface area contributed by atoms with Gasteiger partial charge in [-0.25, -0.2) is 18.5 Å². The number of fused-ring (bicyclic) bond motifs is 1. The van der Waals surface area contributed by atoms with Gasteiger partial charge in [0.2, 0.25) is 10.0 Å². The van der Waals surface area contributed by atoms with Crippen LogP contribution in [0.4, 0.5) is 17.1 Å². The van der Waals surface area contributed by atoms with Gasteiger partial charge in [-0.15, -0.1) is 11.3 Å². The molecule has 2 aromatic carbocycles. The number of sulfonamides is 1. The highest BCUT2D eigenvalue weighted by Crippen LogP contribution is 2.28. The third-order valence-corrected chi connectivity index (χ3v) is 4.67. The van der Waals surface area contributed by atoms with Gasteiger partial charge in [-0.2, -0.15) is 0 Å². The van der Waals surface area contributed by atoms with Crippen molar-refractivity contribution in [1.29, 1.82) is 0 Å². The zero-order valence-electron chi connectivity index (χ0n) is 10.8. The summed E-state index contributed by atoms with van der Waals surface area (Å²) in [5.41, 5.74) is 10.3. The molecule has 0 atom stereocenters. The summed E-state index contributed by atoms with van der Waals surface area (Å²) >= 11 is 1.53. The minimum Gasteiger partial charge on any atom is -0.397 e. The molecule has 8 heteroatoms. The number of aromatic nitrogens is 1. The molecule has 0 unspecified atom stereocenters. The van der Waals surface area contributed by atoms with E-state index in [1.807, 2.05) is 18.2 Å². The molecule has 0 bridgehead atoms. The molecule has 6 nitrogen and oxygen atoms in total. The number of nitrogen functional groups attached to an aromatic ring is 1. The van der Waals surface area contributed by atoms with Gasteiger partial charge in [0.15, 0.2) is 0 Å². The second-order valence-electron chi connectivity index (χ2n) is 4.45. The summed E-state index contributed by atoms with van der Waals surface area (Å²) in [5, 5.41) is 8.23. The van der Waals surface area contributed by atoms with Crippen molar-refractivity contribution in [3.8, 4) is 0 Å². The van der Waals surface area contributed by atoms with Crippen LogP contribution in [0.2, 0.25) is 0 Å². The molecular weight excluding hydrogens is 308 g/mol. The zero-order valence-corrected chi connectivity index (χ0v) is 12.4. The van der Waals surface area contributed by atoms with Crippen molar-refractivity contribution < 1.29 is 8.42 Å². The van der Waals surface area contributed by atoms with Crippen molar-refractivity contribution in [1.82, 2.24) is 4.98 Å². The minimum atomic E-state index is -3.76. The van der Waals surface area contributed by atoms with Gasteiger partial charge in [0.05, 0.1) is 32.0 Å². The molecule has 0 aliphatic carbocycles. The summed E-state index contributed by atoms with van der Waals surface area (Å²) in [6.07, 6.45) is 0. The third kappa shape index (κ3) is 2.82. The molecular formula is C13H12N4O2S2. The predicted molar refractivity (Wildman–Crippen MR) is 85.1 cm³/mol. The smallest absolute Gasteiger partial charge is 0.238 e. The Morgan fingerprint density at radius 2 is 1.95 bits per heavy atom. The van der Waals surface area contributed by atoms with E-state index in [-0.39, 0.29) is 4.90 Å². The third-order valence-electron chi connectivity index (χ3n) is 2.96. The molecule has 0 aliphatic heterocycles. The van der Waals surface area contributed by atoms with Gasteiger partial charge in [0.25, 0.3) is 0 Å². The lowest BCUT2D eigenvalue weighted by Crippen LogP contribution is -2.12. The van der Waals surface area contributed by atoms with Crippen LogP contribution < -0.4 is 16.2 Å². The van der Waals surface area contributed by atoms with Crippen LogP contribution in [0, 0.1) is 0 Å². The van der Waals surface area contributed by atoms with Crippen LogP contribution in [-0.4, -0.2) is 13.4 Å². The first-order chi connectivity index (χ1) is 9.93.